The van der Waals surface area contributed by atoms with Gasteiger partial charge in [-0.25, -0.2) is 4.79 Å². The van der Waals surface area contributed by atoms with Gasteiger partial charge in [0.05, 0.1) is 12.3 Å². The van der Waals surface area contributed by atoms with Crippen molar-refractivity contribution in [2.24, 2.45) is 0 Å². The Hall–Kier alpha value is -1.56. The maximum Gasteiger partial charge on any atom is 0.358 e. The monoisotopic (exact) mass is 254 g/mol. The van der Waals surface area contributed by atoms with Crippen molar-refractivity contribution < 1.29 is 19.7 Å². The molecule has 0 aliphatic heterocycles. The summed E-state index contributed by atoms with van der Waals surface area (Å²) >= 11 is 0. The van der Waals surface area contributed by atoms with Crippen LogP contribution >= 0.6 is 0 Å². The number of aryl methyl sites for hydroxylation is 1. The molecule has 0 saturated heterocycles. The Morgan fingerprint density at radius 2 is 2.22 bits per heavy atom. The SMILES string of the molecule is O=C(O)c1c(OC2CCCC2)cnn1CCCO. The van der Waals surface area contributed by atoms with E-state index in [4.69, 9.17) is 9.84 Å². The fourth-order valence-corrected chi connectivity index (χ4v) is 2.25. The van der Waals surface area contributed by atoms with E-state index in [0.717, 1.165) is 25.7 Å². The minimum atomic E-state index is -1.04. The molecule has 0 spiro atoms. The number of carboxylic acids is 1. The number of aromatic nitrogens is 2. The summed E-state index contributed by atoms with van der Waals surface area (Å²) in [7, 11) is 0. The number of hydrogen-bond acceptors (Lipinski definition) is 4. The molecular formula is C12H18N2O4. The summed E-state index contributed by atoms with van der Waals surface area (Å²) in [5.41, 5.74) is 0.0790. The van der Waals surface area contributed by atoms with E-state index in [1.807, 2.05) is 0 Å². The molecule has 1 aromatic heterocycles. The molecule has 0 aromatic carbocycles. The van der Waals surface area contributed by atoms with Gasteiger partial charge in [-0.05, 0) is 32.1 Å². The molecule has 2 N–H and O–H groups in total. The molecular weight excluding hydrogens is 236 g/mol. The molecule has 1 heterocycles. The Morgan fingerprint density at radius 3 is 2.83 bits per heavy atom. The number of rotatable bonds is 6. The Kier molecular flexibility index (Phi) is 4.19. The van der Waals surface area contributed by atoms with Gasteiger partial charge in [-0.3, -0.25) is 4.68 Å². The third-order valence-electron chi connectivity index (χ3n) is 3.13. The zero-order valence-corrected chi connectivity index (χ0v) is 10.2. The summed E-state index contributed by atoms with van der Waals surface area (Å²) in [4.78, 5) is 11.2. The Balaban J connectivity index is 2.13. The van der Waals surface area contributed by atoms with Gasteiger partial charge in [-0.2, -0.15) is 5.10 Å². The predicted octanol–water partition coefficient (Wildman–Crippen LogP) is 1.29. The Bertz CT molecular complexity index is 410. The first-order valence-corrected chi connectivity index (χ1v) is 6.29. The third kappa shape index (κ3) is 2.81. The molecule has 0 bridgehead atoms. The first kappa shape index (κ1) is 12.9. The summed E-state index contributed by atoms with van der Waals surface area (Å²) in [5, 5.41) is 22.0. The highest BCUT2D eigenvalue weighted by Crippen LogP contribution is 2.26. The normalized spacial score (nSPS) is 16.1. The van der Waals surface area contributed by atoms with E-state index in [-0.39, 0.29) is 18.4 Å². The van der Waals surface area contributed by atoms with Crippen LogP contribution in [-0.4, -0.2) is 38.7 Å². The number of ether oxygens (including phenoxy) is 1. The number of aliphatic hydroxyl groups is 1. The van der Waals surface area contributed by atoms with Crippen LogP contribution < -0.4 is 4.74 Å². The van der Waals surface area contributed by atoms with Crippen molar-refractivity contribution in [3.05, 3.63) is 11.9 Å². The molecule has 6 nitrogen and oxygen atoms in total. The van der Waals surface area contributed by atoms with Crippen molar-refractivity contribution >= 4 is 5.97 Å². The number of hydrogen-bond donors (Lipinski definition) is 2. The second-order valence-corrected chi connectivity index (χ2v) is 4.49. The lowest BCUT2D eigenvalue weighted by Crippen LogP contribution is -2.16. The molecule has 100 valence electrons. The minimum absolute atomic E-state index is 0.0116. The van der Waals surface area contributed by atoms with Gasteiger partial charge in [0.2, 0.25) is 0 Å². The van der Waals surface area contributed by atoms with E-state index in [0.29, 0.717) is 18.7 Å². The molecule has 1 saturated carbocycles. The molecule has 0 radical (unpaired) electrons. The number of aromatic carboxylic acids is 1. The molecule has 2 rings (SSSR count). The highest BCUT2D eigenvalue weighted by molar-refractivity contribution is 5.88. The van der Waals surface area contributed by atoms with E-state index in [2.05, 4.69) is 5.10 Å². The van der Waals surface area contributed by atoms with Crippen LogP contribution in [0.2, 0.25) is 0 Å². The molecule has 6 heteroatoms. The molecule has 0 unspecified atom stereocenters. The number of carbonyl (C=O) groups is 1. The van der Waals surface area contributed by atoms with Crippen LogP contribution in [0.4, 0.5) is 0 Å². The van der Waals surface area contributed by atoms with Crippen LogP contribution in [0, 0.1) is 0 Å². The Labute approximate surface area is 105 Å². The topological polar surface area (TPSA) is 84.6 Å². The zero-order chi connectivity index (χ0) is 13.0. The number of carboxylic acid groups (broad SMARTS) is 1. The van der Waals surface area contributed by atoms with Crippen LogP contribution in [0.25, 0.3) is 0 Å². The van der Waals surface area contributed by atoms with Crippen LogP contribution in [0.3, 0.4) is 0 Å². The minimum Gasteiger partial charge on any atom is -0.486 e. The van der Waals surface area contributed by atoms with Crippen molar-refractivity contribution in [3.63, 3.8) is 0 Å². The largest absolute Gasteiger partial charge is 0.486 e. The van der Waals surface area contributed by atoms with Gasteiger partial charge in [0.15, 0.2) is 11.4 Å². The fourth-order valence-electron chi connectivity index (χ4n) is 2.25. The van der Waals surface area contributed by atoms with E-state index >= 15 is 0 Å². The lowest BCUT2D eigenvalue weighted by Gasteiger charge is -2.12. The summed E-state index contributed by atoms with van der Waals surface area (Å²) in [6.07, 6.45) is 6.25. The van der Waals surface area contributed by atoms with Gasteiger partial charge in [0.25, 0.3) is 0 Å². The van der Waals surface area contributed by atoms with Gasteiger partial charge in [0.1, 0.15) is 0 Å². The maximum atomic E-state index is 11.2. The van der Waals surface area contributed by atoms with Gasteiger partial charge in [0, 0.05) is 13.2 Å². The average molecular weight is 254 g/mol. The molecule has 0 amide bonds. The van der Waals surface area contributed by atoms with E-state index in [9.17, 15) is 9.90 Å². The van der Waals surface area contributed by atoms with Crippen molar-refractivity contribution in [2.75, 3.05) is 6.61 Å². The molecule has 1 aliphatic rings. The summed E-state index contributed by atoms with van der Waals surface area (Å²) in [6, 6.07) is 0. The molecule has 1 aromatic rings. The fraction of sp³-hybridized carbons (Fsp3) is 0.667. The summed E-state index contributed by atoms with van der Waals surface area (Å²) in [6.45, 7) is 0.393. The average Bonchev–Trinajstić information content (AvgIpc) is 2.96. The maximum absolute atomic E-state index is 11.2. The van der Waals surface area contributed by atoms with Crippen molar-refractivity contribution in [3.8, 4) is 5.75 Å². The smallest absolute Gasteiger partial charge is 0.358 e. The number of nitrogens with zero attached hydrogens (tertiary/aromatic N) is 2. The number of aliphatic hydroxyl groups excluding tert-OH is 1. The van der Waals surface area contributed by atoms with Gasteiger partial charge in [-0.15, -0.1) is 0 Å². The van der Waals surface area contributed by atoms with E-state index in [1.165, 1.54) is 10.9 Å². The van der Waals surface area contributed by atoms with Crippen LogP contribution in [-0.2, 0) is 6.54 Å². The molecule has 1 aliphatic carbocycles. The van der Waals surface area contributed by atoms with Crippen LogP contribution in [0.5, 0.6) is 5.75 Å². The van der Waals surface area contributed by atoms with Crippen molar-refractivity contribution in [2.45, 2.75) is 44.8 Å². The second-order valence-electron chi connectivity index (χ2n) is 4.49. The highest BCUT2D eigenvalue weighted by atomic mass is 16.5. The molecule has 18 heavy (non-hydrogen) atoms. The van der Waals surface area contributed by atoms with Crippen molar-refractivity contribution in [1.82, 2.24) is 9.78 Å². The standard InChI is InChI=1S/C12H18N2O4/c15-7-3-6-14-11(12(16)17)10(8-13-14)18-9-4-1-2-5-9/h8-9,15H,1-7H2,(H,16,17). The predicted molar refractivity (Wildman–Crippen MR) is 63.8 cm³/mol. The zero-order valence-electron chi connectivity index (χ0n) is 10.2. The Morgan fingerprint density at radius 1 is 1.50 bits per heavy atom. The van der Waals surface area contributed by atoms with Crippen LogP contribution in [0.15, 0.2) is 6.20 Å². The highest BCUT2D eigenvalue weighted by Gasteiger charge is 2.23. The lowest BCUT2D eigenvalue weighted by atomic mass is 10.3. The quantitative estimate of drug-likeness (QED) is 0.799. The van der Waals surface area contributed by atoms with Crippen LogP contribution in [0.1, 0.15) is 42.6 Å². The lowest BCUT2D eigenvalue weighted by molar-refractivity contribution is 0.0674. The molecule has 1 fully saturated rings. The van der Waals surface area contributed by atoms with Gasteiger partial charge in [-0.1, -0.05) is 0 Å². The third-order valence-corrected chi connectivity index (χ3v) is 3.13. The first-order valence-electron chi connectivity index (χ1n) is 6.29. The summed E-state index contributed by atoms with van der Waals surface area (Å²) in [5.74, 6) is -0.703. The van der Waals surface area contributed by atoms with E-state index < -0.39 is 5.97 Å². The molecule has 0 atom stereocenters. The first-order chi connectivity index (χ1) is 8.72. The summed E-state index contributed by atoms with van der Waals surface area (Å²) < 4.78 is 7.08. The van der Waals surface area contributed by atoms with E-state index in [1.54, 1.807) is 0 Å². The second kappa shape index (κ2) is 5.86. The van der Waals surface area contributed by atoms with Crippen molar-refractivity contribution in [1.29, 1.82) is 0 Å². The van der Waals surface area contributed by atoms with Gasteiger partial charge < -0.3 is 14.9 Å². The van der Waals surface area contributed by atoms with Gasteiger partial charge >= 0.3 is 5.97 Å².